The number of benzene rings is 1. The first-order valence-electron chi connectivity index (χ1n) is 9.34. The van der Waals surface area contributed by atoms with Crippen LogP contribution in [0.15, 0.2) is 17.3 Å². The van der Waals surface area contributed by atoms with Crippen molar-refractivity contribution in [1.82, 2.24) is 0 Å². The molecule has 0 aliphatic carbocycles. The van der Waals surface area contributed by atoms with E-state index in [1.807, 2.05) is 12.1 Å². The largest absolute Gasteiger partial charge is 0.374 e. The Labute approximate surface area is 167 Å². The number of rotatable bonds is 12. The number of oxime groups is 1. The number of carbonyl (C=O) groups is 1. The third kappa shape index (κ3) is 6.48. The number of hydrogen-bond donors (Lipinski definition) is 0. The van der Waals surface area contributed by atoms with E-state index < -0.39 is 0 Å². The number of carbonyl (C=O) groups excluding carboxylic acids is 1. The molecule has 0 fully saturated rings. The SMILES string of the molecule is CCCCC/C=N\OCN(C(=O)CCl)c1c(CC)ccc(CCl)c1CC. The molecular formula is C20H30Cl2N2O2. The Bertz CT molecular complexity index is 591. The number of nitrogens with zero attached hydrogens (tertiary/aromatic N) is 2. The fourth-order valence-corrected chi connectivity index (χ4v) is 3.28. The first-order chi connectivity index (χ1) is 12.6. The average molecular weight is 401 g/mol. The molecule has 4 nitrogen and oxygen atoms in total. The summed E-state index contributed by atoms with van der Waals surface area (Å²) >= 11 is 11.9. The van der Waals surface area contributed by atoms with Crippen molar-refractivity contribution in [3.8, 4) is 0 Å². The van der Waals surface area contributed by atoms with E-state index in [1.165, 1.54) is 12.8 Å². The van der Waals surface area contributed by atoms with Crippen LogP contribution < -0.4 is 4.90 Å². The minimum absolute atomic E-state index is 0.0432. The summed E-state index contributed by atoms with van der Waals surface area (Å²) in [5.74, 6) is 0.0875. The van der Waals surface area contributed by atoms with Crippen molar-refractivity contribution in [2.45, 2.75) is 65.2 Å². The highest BCUT2D eigenvalue weighted by molar-refractivity contribution is 6.29. The first-order valence-corrected chi connectivity index (χ1v) is 10.4. The Hall–Kier alpha value is -1.26. The van der Waals surface area contributed by atoms with Gasteiger partial charge in [0.05, 0.1) is 5.69 Å². The van der Waals surface area contributed by atoms with E-state index in [0.717, 1.165) is 48.1 Å². The van der Waals surface area contributed by atoms with Gasteiger partial charge in [0.25, 0.3) is 0 Å². The Morgan fingerprint density at radius 2 is 1.88 bits per heavy atom. The summed E-state index contributed by atoms with van der Waals surface area (Å²) in [5, 5.41) is 3.99. The molecule has 0 spiro atoms. The van der Waals surface area contributed by atoms with Crippen LogP contribution in [0.1, 0.15) is 63.1 Å². The molecule has 0 aliphatic rings. The van der Waals surface area contributed by atoms with Gasteiger partial charge < -0.3 is 4.84 Å². The van der Waals surface area contributed by atoms with Gasteiger partial charge in [0, 0.05) is 12.1 Å². The fraction of sp³-hybridized carbons (Fsp3) is 0.600. The maximum atomic E-state index is 12.5. The predicted molar refractivity (Wildman–Crippen MR) is 112 cm³/mol. The smallest absolute Gasteiger partial charge is 0.244 e. The highest BCUT2D eigenvalue weighted by Crippen LogP contribution is 2.31. The highest BCUT2D eigenvalue weighted by atomic mass is 35.5. The summed E-state index contributed by atoms with van der Waals surface area (Å²) in [5.41, 5.74) is 4.02. The van der Waals surface area contributed by atoms with Gasteiger partial charge in [-0.2, -0.15) is 0 Å². The van der Waals surface area contributed by atoms with Crippen LogP contribution in [0.25, 0.3) is 0 Å². The molecule has 0 heterocycles. The van der Waals surface area contributed by atoms with Crippen molar-refractivity contribution < 1.29 is 9.63 Å². The van der Waals surface area contributed by atoms with Crippen LogP contribution >= 0.6 is 23.2 Å². The standard InChI is InChI=1S/C20H30Cl2N2O2/c1-4-7-8-9-12-23-26-15-24(19(25)14-22)20-16(5-2)10-11-17(13-21)18(20)6-3/h10-12H,4-9,13-15H2,1-3H3/b23-12-. The van der Waals surface area contributed by atoms with Gasteiger partial charge in [-0.25, -0.2) is 0 Å². The zero-order valence-electron chi connectivity index (χ0n) is 16.1. The van der Waals surface area contributed by atoms with E-state index in [0.29, 0.717) is 5.88 Å². The number of aryl methyl sites for hydroxylation is 1. The van der Waals surface area contributed by atoms with Crippen molar-refractivity contribution in [2.75, 3.05) is 17.5 Å². The Morgan fingerprint density at radius 1 is 1.15 bits per heavy atom. The second-order valence-corrected chi connectivity index (χ2v) is 6.58. The molecule has 26 heavy (non-hydrogen) atoms. The molecular weight excluding hydrogens is 371 g/mol. The highest BCUT2D eigenvalue weighted by Gasteiger charge is 2.22. The maximum Gasteiger partial charge on any atom is 0.244 e. The van der Waals surface area contributed by atoms with Crippen LogP contribution in [0.3, 0.4) is 0 Å². The Morgan fingerprint density at radius 3 is 2.46 bits per heavy atom. The van der Waals surface area contributed by atoms with E-state index in [1.54, 1.807) is 11.1 Å². The van der Waals surface area contributed by atoms with Gasteiger partial charge in [0.2, 0.25) is 5.91 Å². The summed E-state index contributed by atoms with van der Waals surface area (Å²) < 4.78 is 0. The number of halogens is 2. The molecule has 1 aromatic carbocycles. The quantitative estimate of drug-likeness (QED) is 0.149. The maximum absolute atomic E-state index is 12.5. The zero-order chi connectivity index (χ0) is 19.4. The molecule has 0 aliphatic heterocycles. The van der Waals surface area contributed by atoms with Crippen molar-refractivity contribution in [3.05, 3.63) is 28.8 Å². The van der Waals surface area contributed by atoms with Crippen molar-refractivity contribution in [3.63, 3.8) is 0 Å². The third-order valence-corrected chi connectivity index (χ3v) is 4.82. The monoisotopic (exact) mass is 400 g/mol. The van der Waals surface area contributed by atoms with E-state index in [9.17, 15) is 4.79 Å². The molecule has 0 radical (unpaired) electrons. The minimum Gasteiger partial charge on any atom is -0.374 e. The van der Waals surface area contributed by atoms with Crippen LogP contribution in [0, 0.1) is 0 Å². The second kappa shape index (κ2) is 13.0. The minimum atomic E-state index is -0.205. The topological polar surface area (TPSA) is 41.9 Å². The number of amides is 1. The normalized spacial score (nSPS) is 11.1. The molecule has 1 rings (SSSR count). The molecule has 0 bridgehead atoms. The van der Waals surface area contributed by atoms with Crippen molar-refractivity contribution >= 4 is 41.0 Å². The predicted octanol–water partition coefficient (Wildman–Crippen LogP) is 5.66. The summed E-state index contributed by atoms with van der Waals surface area (Å²) in [7, 11) is 0. The lowest BCUT2D eigenvalue weighted by atomic mass is 9.97. The van der Waals surface area contributed by atoms with Gasteiger partial charge in [-0.1, -0.05) is 50.9 Å². The van der Waals surface area contributed by atoms with Gasteiger partial charge in [-0.15, -0.1) is 23.2 Å². The summed E-state index contributed by atoms with van der Waals surface area (Å²) in [6.45, 7) is 6.33. The lowest BCUT2D eigenvalue weighted by molar-refractivity contribution is -0.117. The van der Waals surface area contributed by atoms with E-state index >= 15 is 0 Å². The average Bonchev–Trinajstić information content (AvgIpc) is 2.68. The molecule has 0 saturated heterocycles. The van der Waals surface area contributed by atoms with Crippen LogP contribution in [0.4, 0.5) is 5.69 Å². The van der Waals surface area contributed by atoms with Crippen molar-refractivity contribution in [1.29, 1.82) is 0 Å². The zero-order valence-corrected chi connectivity index (χ0v) is 17.6. The van der Waals surface area contributed by atoms with E-state index in [-0.39, 0.29) is 18.5 Å². The second-order valence-electron chi connectivity index (χ2n) is 6.05. The van der Waals surface area contributed by atoms with Gasteiger partial charge in [0.1, 0.15) is 5.88 Å². The molecule has 0 aromatic heterocycles. The van der Waals surface area contributed by atoms with Crippen LogP contribution in [-0.4, -0.2) is 24.7 Å². The molecule has 0 saturated carbocycles. The summed E-state index contributed by atoms with van der Waals surface area (Å²) in [6.07, 6.45) is 7.65. The summed E-state index contributed by atoms with van der Waals surface area (Å²) in [4.78, 5) is 19.5. The number of unbranched alkanes of at least 4 members (excludes halogenated alkanes) is 3. The van der Waals surface area contributed by atoms with Gasteiger partial charge >= 0.3 is 0 Å². The Balaban J connectivity index is 3.04. The molecule has 6 heteroatoms. The van der Waals surface area contributed by atoms with Crippen molar-refractivity contribution in [2.24, 2.45) is 5.16 Å². The third-order valence-electron chi connectivity index (χ3n) is 4.30. The molecule has 146 valence electrons. The molecule has 0 atom stereocenters. The fourth-order valence-electron chi connectivity index (χ4n) is 2.88. The van der Waals surface area contributed by atoms with E-state index in [2.05, 4.69) is 25.9 Å². The number of hydrogen-bond acceptors (Lipinski definition) is 3. The molecule has 1 aromatic rings. The van der Waals surface area contributed by atoms with Gasteiger partial charge in [-0.3, -0.25) is 9.69 Å². The van der Waals surface area contributed by atoms with E-state index in [4.69, 9.17) is 28.0 Å². The number of anilines is 1. The van der Waals surface area contributed by atoms with Crippen LogP contribution in [0.2, 0.25) is 0 Å². The lowest BCUT2D eigenvalue weighted by Crippen LogP contribution is -2.35. The van der Waals surface area contributed by atoms with Gasteiger partial charge in [-0.05, 0) is 42.4 Å². The molecule has 0 N–H and O–H groups in total. The first kappa shape index (κ1) is 22.8. The molecule has 0 unspecified atom stereocenters. The number of alkyl halides is 2. The van der Waals surface area contributed by atoms with Crippen LogP contribution in [-0.2, 0) is 28.4 Å². The van der Waals surface area contributed by atoms with Gasteiger partial charge in [0.15, 0.2) is 6.73 Å². The van der Waals surface area contributed by atoms with Crippen LogP contribution in [0.5, 0.6) is 0 Å². The summed E-state index contributed by atoms with van der Waals surface area (Å²) in [6, 6.07) is 4.05. The lowest BCUT2D eigenvalue weighted by Gasteiger charge is -2.27. The Kier molecular flexibility index (Phi) is 11.4. The molecule has 1 amide bonds.